The Labute approximate surface area is 153 Å². The molecule has 1 aliphatic heterocycles. The number of hydrogen-bond acceptors (Lipinski definition) is 5. The lowest BCUT2D eigenvalue weighted by atomic mass is 10.1. The lowest BCUT2D eigenvalue weighted by Crippen LogP contribution is -2.48. The molecule has 0 aromatic heterocycles. The molecule has 0 unspecified atom stereocenters. The summed E-state index contributed by atoms with van der Waals surface area (Å²) in [5.41, 5.74) is 0.809. The average molecular weight is 369 g/mol. The standard InChI is InChI=1S/C18H25ClN2O4/c1-23-15-12-14(13-16(24-2)18(15)25-3)4-5-17(22)21-10-8-20(7-6-19)9-11-21/h4-5,12-13H,6-11H2,1-3H3/b5-4+. The van der Waals surface area contributed by atoms with Gasteiger partial charge in [0.1, 0.15) is 0 Å². The van der Waals surface area contributed by atoms with Crippen LogP contribution in [0.1, 0.15) is 5.56 Å². The number of piperazine rings is 1. The zero-order chi connectivity index (χ0) is 18.2. The van der Waals surface area contributed by atoms with Gasteiger partial charge in [-0.3, -0.25) is 9.69 Å². The van der Waals surface area contributed by atoms with E-state index < -0.39 is 0 Å². The van der Waals surface area contributed by atoms with E-state index in [9.17, 15) is 4.79 Å². The summed E-state index contributed by atoms with van der Waals surface area (Å²) in [5.74, 6) is 2.27. The summed E-state index contributed by atoms with van der Waals surface area (Å²) in [6.45, 7) is 4.02. The first kappa shape index (κ1) is 19.4. The van der Waals surface area contributed by atoms with Gasteiger partial charge in [0.05, 0.1) is 21.3 Å². The maximum absolute atomic E-state index is 12.4. The second-order valence-electron chi connectivity index (χ2n) is 5.65. The van der Waals surface area contributed by atoms with Gasteiger partial charge in [-0.2, -0.15) is 0 Å². The van der Waals surface area contributed by atoms with Gasteiger partial charge in [0, 0.05) is 44.7 Å². The van der Waals surface area contributed by atoms with Crippen molar-refractivity contribution >= 4 is 23.6 Å². The summed E-state index contributed by atoms with van der Waals surface area (Å²) in [7, 11) is 4.69. The van der Waals surface area contributed by atoms with Crippen LogP contribution in [0.5, 0.6) is 17.2 Å². The molecule has 0 bridgehead atoms. The van der Waals surface area contributed by atoms with Crippen LogP contribution in [0.4, 0.5) is 0 Å². The van der Waals surface area contributed by atoms with Crippen LogP contribution in [0.15, 0.2) is 18.2 Å². The van der Waals surface area contributed by atoms with E-state index in [4.69, 9.17) is 25.8 Å². The second kappa shape index (κ2) is 9.53. The van der Waals surface area contributed by atoms with Gasteiger partial charge in [0.25, 0.3) is 0 Å². The maximum Gasteiger partial charge on any atom is 0.246 e. The first-order chi connectivity index (χ1) is 12.1. The van der Waals surface area contributed by atoms with E-state index in [1.54, 1.807) is 33.5 Å². The fraction of sp³-hybridized carbons (Fsp3) is 0.500. The zero-order valence-corrected chi connectivity index (χ0v) is 15.7. The first-order valence-electron chi connectivity index (χ1n) is 8.18. The lowest BCUT2D eigenvalue weighted by molar-refractivity contribution is -0.127. The first-order valence-corrected chi connectivity index (χ1v) is 8.71. The Balaban J connectivity index is 2.05. The number of hydrogen-bond donors (Lipinski definition) is 0. The minimum Gasteiger partial charge on any atom is -0.493 e. The third kappa shape index (κ3) is 5.03. The van der Waals surface area contributed by atoms with Crippen molar-refractivity contribution in [3.8, 4) is 17.2 Å². The minimum absolute atomic E-state index is 0.000671. The molecular weight excluding hydrogens is 344 g/mol. The van der Waals surface area contributed by atoms with Crippen molar-refractivity contribution < 1.29 is 19.0 Å². The van der Waals surface area contributed by atoms with Crippen LogP contribution < -0.4 is 14.2 Å². The van der Waals surface area contributed by atoms with E-state index >= 15 is 0 Å². The highest BCUT2D eigenvalue weighted by atomic mass is 35.5. The van der Waals surface area contributed by atoms with Gasteiger partial charge in [0.2, 0.25) is 11.7 Å². The normalized spacial score (nSPS) is 15.4. The quantitative estimate of drug-likeness (QED) is 0.545. The van der Waals surface area contributed by atoms with Crippen LogP contribution in [-0.2, 0) is 4.79 Å². The van der Waals surface area contributed by atoms with E-state index in [2.05, 4.69) is 4.90 Å². The van der Waals surface area contributed by atoms with Crippen molar-refractivity contribution in [2.45, 2.75) is 0 Å². The molecule has 1 fully saturated rings. The largest absolute Gasteiger partial charge is 0.493 e. The topological polar surface area (TPSA) is 51.2 Å². The molecule has 1 aliphatic rings. The molecule has 1 aromatic rings. The molecule has 1 saturated heterocycles. The van der Waals surface area contributed by atoms with Gasteiger partial charge in [-0.05, 0) is 23.8 Å². The Bertz CT molecular complexity index is 588. The molecule has 1 heterocycles. The number of nitrogens with zero attached hydrogens (tertiary/aromatic N) is 2. The van der Waals surface area contributed by atoms with Crippen LogP contribution in [0.2, 0.25) is 0 Å². The predicted octanol–water partition coefficient (Wildman–Crippen LogP) is 2.11. The van der Waals surface area contributed by atoms with Crippen LogP contribution in [0.3, 0.4) is 0 Å². The third-order valence-electron chi connectivity index (χ3n) is 4.19. The molecule has 0 spiro atoms. The Kier molecular flexibility index (Phi) is 7.40. The Morgan fingerprint density at radius 1 is 1.08 bits per heavy atom. The summed E-state index contributed by atoms with van der Waals surface area (Å²) in [5, 5.41) is 0. The Hall–Kier alpha value is -1.92. The summed E-state index contributed by atoms with van der Waals surface area (Å²) in [6.07, 6.45) is 3.34. The highest BCUT2D eigenvalue weighted by molar-refractivity contribution is 6.18. The molecule has 6 nitrogen and oxygen atoms in total. The molecule has 2 rings (SSSR count). The van der Waals surface area contributed by atoms with Crippen molar-refractivity contribution in [1.29, 1.82) is 0 Å². The molecule has 0 saturated carbocycles. The number of halogens is 1. The predicted molar refractivity (Wildman–Crippen MR) is 98.9 cm³/mol. The highest BCUT2D eigenvalue weighted by Gasteiger charge is 2.19. The molecule has 25 heavy (non-hydrogen) atoms. The number of amides is 1. The zero-order valence-electron chi connectivity index (χ0n) is 15.0. The van der Waals surface area contributed by atoms with Gasteiger partial charge in [-0.15, -0.1) is 11.6 Å². The smallest absolute Gasteiger partial charge is 0.246 e. The number of ether oxygens (including phenoxy) is 3. The Morgan fingerprint density at radius 2 is 1.68 bits per heavy atom. The van der Waals surface area contributed by atoms with Crippen LogP contribution in [0, 0.1) is 0 Å². The van der Waals surface area contributed by atoms with E-state index in [0.29, 0.717) is 23.1 Å². The number of alkyl halides is 1. The second-order valence-corrected chi connectivity index (χ2v) is 6.03. The van der Waals surface area contributed by atoms with Gasteiger partial charge < -0.3 is 19.1 Å². The van der Waals surface area contributed by atoms with Crippen molar-refractivity contribution in [3.05, 3.63) is 23.8 Å². The summed E-state index contributed by atoms with van der Waals surface area (Å²) in [6, 6.07) is 3.62. The van der Waals surface area contributed by atoms with E-state index in [0.717, 1.165) is 38.3 Å². The summed E-state index contributed by atoms with van der Waals surface area (Å²) >= 11 is 5.76. The number of benzene rings is 1. The van der Waals surface area contributed by atoms with E-state index in [-0.39, 0.29) is 5.91 Å². The van der Waals surface area contributed by atoms with Crippen molar-refractivity contribution in [3.63, 3.8) is 0 Å². The van der Waals surface area contributed by atoms with Crippen molar-refractivity contribution in [1.82, 2.24) is 9.80 Å². The van der Waals surface area contributed by atoms with E-state index in [1.165, 1.54) is 0 Å². The fourth-order valence-electron chi connectivity index (χ4n) is 2.78. The minimum atomic E-state index is -0.000671. The van der Waals surface area contributed by atoms with Gasteiger partial charge in [0.15, 0.2) is 11.5 Å². The molecule has 138 valence electrons. The molecule has 0 aliphatic carbocycles. The van der Waals surface area contributed by atoms with Crippen LogP contribution in [-0.4, -0.2) is 75.6 Å². The highest BCUT2D eigenvalue weighted by Crippen LogP contribution is 2.38. The number of carbonyl (C=O) groups is 1. The fourth-order valence-corrected chi connectivity index (χ4v) is 3.02. The summed E-state index contributed by atoms with van der Waals surface area (Å²) < 4.78 is 16.0. The van der Waals surface area contributed by atoms with Crippen LogP contribution >= 0.6 is 11.6 Å². The molecule has 1 aromatic carbocycles. The van der Waals surface area contributed by atoms with Crippen LogP contribution in [0.25, 0.3) is 6.08 Å². The lowest BCUT2D eigenvalue weighted by Gasteiger charge is -2.33. The monoisotopic (exact) mass is 368 g/mol. The van der Waals surface area contributed by atoms with Crippen molar-refractivity contribution in [2.24, 2.45) is 0 Å². The van der Waals surface area contributed by atoms with Gasteiger partial charge in [-0.25, -0.2) is 0 Å². The van der Waals surface area contributed by atoms with E-state index in [1.807, 2.05) is 17.0 Å². The maximum atomic E-state index is 12.4. The van der Waals surface area contributed by atoms with Gasteiger partial charge in [-0.1, -0.05) is 0 Å². The molecule has 0 radical (unpaired) electrons. The molecule has 1 amide bonds. The number of rotatable bonds is 7. The SMILES string of the molecule is COc1cc(/C=C/C(=O)N2CCN(CCCl)CC2)cc(OC)c1OC. The summed E-state index contributed by atoms with van der Waals surface area (Å²) in [4.78, 5) is 16.5. The van der Waals surface area contributed by atoms with Gasteiger partial charge >= 0.3 is 0 Å². The number of carbonyl (C=O) groups excluding carboxylic acids is 1. The third-order valence-corrected chi connectivity index (χ3v) is 4.36. The molecular formula is C18H25ClN2O4. The van der Waals surface area contributed by atoms with Crippen molar-refractivity contribution in [2.75, 3.05) is 59.9 Å². The molecule has 0 N–H and O–H groups in total. The molecule has 7 heteroatoms. The molecule has 0 atom stereocenters. The Morgan fingerprint density at radius 3 is 2.16 bits per heavy atom. The average Bonchev–Trinajstić information content (AvgIpc) is 2.65. The number of methoxy groups -OCH3 is 3.